The fourth-order valence-corrected chi connectivity index (χ4v) is 1.66. The zero-order chi connectivity index (χ0) is 12.8. The molecule has 0 spiro atoms. The maximum absolute atomic E-state index is 11.5. The van der Waals surface area contributed by atoms with Gasteiger partial charge >= 0.3 is 0 Å². The molecule has 0 radical (unpaired) electrons. The lowest BCUT2D eigenvalue weighted by molar-refractivity contribution is -0.128. The molecule has 0 atom stereocenters. The number of para-hydroxylation sites is 1. The molecular formula is C13H21N3O. The Morgan fingerprint density at radius 1 is 1.24 bits per heavy atom. The number of carbonyl (C=O) groups excluding carboxylic acids is 1. The van der Waals surface area contributed by atoms with Crippen LogP contribution in [0, 0.1) is 0 Å². The zero-order valence-electron chi connectivity index (χ0n) is 10.8. The fourth-order valence-electron chi connectivity index (χ4n) is 1.66. The molecule has 1 aromatic carbocycles. The minimum absolute atomic E-state index is 0.141. The maximum Gasteiger partial charge on any atom is 0.223 e. The summed E-state index contributed by atoms with van der Waals surface area (Å²) in [6.07, 6.45) is 0.516. The summed E-state index contributed by atoms with van der Waals surface area (Å²) in [6.45, 7) is 1.22. The Morgan fingerprint density at radius 2 is 1.88 bits per heavy atom. The highest BCUT2D eigenvalue weighted by atomic mass is 16.2. The molecule has 1 rings (SSSR count). The van der Waals surface area contributed by atoms with Crippen LogP contribution in [0.25, 0.3) is 0 Å². The first-order valence-corrected chi connectivity index (χ1v) is 5.75. The van der Waals surface area contributed by atoms with Gasteiger partial charge in [0.25, 0.3) is 0 Å². The lowest BCUT2D eigenvalue weighted by Crippen LogP contribution is -2.28. The Kier molecular flexibility index (Phi) is 4.97. The van der Waals surface area contributed by atoms with E-state index in [0.29, 0.717) is 19.5 Å². The summed E-state index contributed by atoms with van der Waals surface area (Å²) in [5.74, 6) is 0.141. The molecule has 0 heterocycles. The van der Waals surface area contributed by atoms with Gasteiger partial charge in [0, 0.05) is 46.3 Å². The van der Waals surface area contributed by atoms with Crippen molar-refractivity contribution >= 4 is 11.6 Å². The van der Waals surface area contributed by atoms with Crippen LogP contribution in [0.2, 0.25) is 0 Å². The van der Waals surface area contributed by atoms with Crippen LogP contribution in [0.5, 0.6) is 0 Å². The van der Waals surface area contributed by atoms with E-state index in [0.717, 1.165) is 11.3 Å². The van der Waals surface area contributed by atoms with Crippen LogP contribution >= 0.6 is 0 Å². The molecule has 0 aliphatic rings. The molecule has 2 N–H and O–H groups in total. The van der Waals surface area contributed by atoms with Gasteiger partial charge in [0.2, 0.25) is 5.91 Å². The molecule has 1 aromatic rings. The minimum atomic E-state index is 0.141. The average Bonchev–Trinajstić information content (AvgIpc) is 2.35. The molecule has 4 nitrogen and oxygen atoms in total. The number of nitrogens with zero attached hydrogens (tertiary/aromatic N) is 2. The standard InChI is InChI=1S/C13H21N3O/c1-15(2)13(17)8-9-16(3)12-7-5-4-6-11(12)10-14/h4-7H,8-10,14H2,1-3H3. The van der Waals surface area contributed by atoms with E-state index in [1.54, 1.807) is 19.0 Å². The van der Waals surface area contributed by atoms with E-state index in [9.17, 15) is 4.79 Å². The molecule has 0 unspecified atom stereocenters. The first kappa shape index (κ1) is 13.5. The summed E-state index contributed by atoms with van der Waals surface area (Å²) < 4.78 is 0. The number of hydrogen-bond acceptors (Lipinski definition) is 3. The molecule has 4 heteroatoms. The van der Waals surface area contributed by atoms with Crippen molar-refractivity contribution in [2.45, 2.75) is 13.0 Å². The van der Waals surface area contributed by atoms with Crippen LogP contribution in [-0.4, -0.2) is 38.5 Å². The second-order valence-corrected chi connectivity index (χ2v) is 4.29. The summed E-state index contributed by atoms with van der Waals surface area (Å²) in [6, 6.07) is 8.01. The quantitative estimate of drug-likeness (QED) is 0.830. The molecule has 0 aliphatic carbocycles. The predicted octanol–water partition coefficient (Wildman–Crippen LogP) is 1.06. The monoisotopic (exact) mass is 235 g/mol. The molecule has 0 bridgehead atoms. The van der Waals surface area contributed by atoms with Crippen LogP contribution in [0.4, 0.5) is 5.69 Å². The van der Waals surface area contributed by atoms with E-state index in [-0.39, 0.29) is 5.91 Å². The third kappa shape index (κ3) is 3.75. The van der Waals surface area contributed by atoms with Crippen molar-refractivity contribution in [1.29, 1.82) is 0 Å². The minimum Gasteiger partial charge on any atom is -0.374 e. The van der Waals surface area contributed by atoms with E-state index in [1.807, 2.05) is 31.3 Å². The van der Waals surface area contributed by atoms with Gasteiger partial charge in [0.05, 0.1) is 0 Å². The predicted molar refractivity (Wildman–Crippen MR) is 70.9 cm³/mol. The summed E-state index contributed by atoms with van der Waals surface area (Å²) >= 11 is 0. The van der Waals surface area contributed by atoms with Gasteiger partial charge in [-0.2, -0.15) is 0 Å². The molecule has 0 aromatic heterocycles. The molecule has 0 fully saturated rings. The molecular weight excluding hydrogens is 214 g/mol. The van der Waals surface area contributed by atoms with Crippen molar-refractivity contribution in [1.82, 2.24) is 4.90 Å². The van der Waals surface area contributed by atoms with E-state index in [4.69, 9.17) is 5.73 Å². The first-order valence-electron chi connectivity index (χ1n) is 5.75. The number of rotatable bonds is 5. The van der Waals surface area contributed by atoms with Gasteiger partial charge in [-0.05, 0) is 11.6 Å². The highest BCUT2D eigenvalue weighted by Gasteiger charge is 2.09. The van der Waals surface area contributed by atoms with Gasteiger partial charge in [0.15, 0.2) is 0 Å². The third-order valence-electron chi connectivity index (χ3n) is 2.78. The van der Waals surface area contributed by atoms with Crippen molar-refractivity contribution in [3.8, 4) is 0 Å². The molecule has 1 amide bonds. The Labute approximate surface area is 103 Å². The summed E-state index contributed by atoms with van der Waals surface area (Å²) in [5, 5.41) is 0. The van der Waals surface area contributed by atoms with Crippen molar-refractivity contribution in [2.24, 2.45) is 5.73 Å². The molecule has 0 saturated carbocycles. The highest BCUT2D eigenvalue weighted by molar-refractivity contribution is 5.76. The molecule has 17 heavy (non-hydrogen) atoms. The van der Waals surface area contributed by atoms with E-state index < -0.39 is 0 Å². The van der Waals surface area contributed by atoms with Gasteiger partial charge in [0.1, 0.15) is 0 Å². The lowest BCUT2D eigenvalue weighted by Gasteiger charge is -2.22. The van der Waals surface area contributed by atoms with Gasteiger partial charge < -0.3 is 15.5 Å². The Morgan fingerprint density at radius 3 is 2.47 bits per heavy atom. The van der Waals surface area contributed by atoms with Crippen LogP contribution in [0.3, 0.4) is 0 Å². The smallest absolute Gasteiger partial charge is 0.223 e. The molecule has 94 valence electrons. The van der Waals surface area contributed by atoms with Crippen LogP contribution in [-0.2, 0) is 11.3 Å². The third-order valence-corrected chi connectivity index (χ3v) is 2.78. The number of carbonyl (C=O) groups is 1. The molecule has 0 saturated heterocycles. The lowest BCUT2D eigenvalue weighted by atomic mass is 10.1. The van der Waals surface area contributed by atoms with E-state index in [1.165, 1.54) is 0 Å². The largest absolute Gasteiger partial charge is 0.374 e. The van der Waals surface area contributed by atoms with E-state index in [2.05, 4.69) is 4.90 Å². The second-order valence-electron chi connectivity index (χ2n) is 4.29. The van der Waals surface area contributed by atoms with Gasteiger partial charge in [-0.3, -0.25) is 4.79 Å². The molecule has 0 aliphatic heterocycles. The highest BCUT2D eigenvalue weighted by Crippen LogP contribution is 2.18. The fraction of sp³-hybridized carbons (Fsp3) is 0.462. The van der Waals surface area contributed by atoms with Crippen molar-refractivity contribution in [2.75, 3.05) is 32.6 Å². The van der Waals surface area contributed by atoms with Gasteiger partial charge in [-0.25, -0.2) is 0 Å². The number of anilines is 1. The normalized spacial score (nSPS) is 10.1. The number of hydrogen-bond donors (Lipinski definition) is 1. The average molecular weight is 235 g/mol. The van der Waals surface area contributed by atoms with Crippen molar-refractivity contribution in [3.63, 3.8) is 0 Å². The van der Waals surface area contributed by atoms with Crippen LogP contribution in [0.15, 0.2) is 24.3 Å². The SMILES string of the molecule is CN(C)C(=O)CCN(C)c1ccccc1CN. The summed E-state index contributed by atoms with van der Waals surface area (Å²) in [7, 11) is 5.53. The Balaban J connectivity index is 2.63. The number of nitrogens with two attached hydrogens (primary N) is 1. The first-order chi connectivity index (χ1) is 8.06. The van der Waals surface area contributed by atoms with Crippen LogP contribution < -0.4 is 10.6 Å². The summed E-state index contributed by atoms with van der Waals surface area (Å²) in [4.78, 5) is 15.2. The Hall–Kier alpha value is -1.55. The van der Waals surface area contributed by atoms with E-state index >= 15 is 0 Å². The summed E-state index contributed by atoms with van der Waals surface area (Å²) in [5.41, 5.74) is 7.89. The Bertz CT molecular complexity index is 377. The van der Waals surface area contributed by atoms with Crippen LogP contribution in [0.1, 0.15) is 12.0 Å². The topological polar surface area (TPSA) is 49.6 Å². The second kappa shape index (κ2) is 6.25. The maximum atomic E-state index is 11.5. The van der Waals surface area contributed by atoms with Gasteiger partial charge in [-0.1, -0.05) is 18.2 Å². The van der Waals surface area contributed by atoms with Crippen molar-refractivity contribution in [3.05, 3.63) is 29.8 Å². The zero-order valence-corrected chi connectivity index (χ0v) is 10.8. The van der Waals surface area contributed by atoms with Gasteiger partial charge in [-0.15, -0.1) is 0 Å². The number of benzene rings is 1. The number of amides is 1. The van der Waals surface area contributed by atoms with Crippen molar-refractivity contribution < 1.29 is 4.79 Å².